The zero-order chi connectivity index (χ0) is 11.2. The summed E-state index contributed by atoms with van der Waals surface area (Å²) in [4.78, 5) is 4.29. The van der Waals surface area contributed by atoms with E-state index in [2.05, 4.69) is 22.8 Å². The van der Waals surface area contributed by atoms with Crippen molar-refractivity contribution in [2.75, 3.05) is 12.0 Å². The van der Waals surface area contributed by atoms with Crippen LogP contribution in [0.3, 0.4) is 0 Å². The molecule has 0 unspecified atom stereocenters. The normalized spacial score (nSPS) is 10.8. The molecule has 0 saturated carbocycles. The lowest BCUT2D eigenvalue weighted by Gasteiger charge is -2.02. The van der Waals surface area contributed by atoms with E-state index in [1.54, 1.807) is 0 Å². The largest absolute Gasteiger partial charge is 0.423 e. The lowest BCUT2D eigenvalue weighted by atomic mass is 10.2. The number of para-hydroxylation sites is 2. The highest BCUT2D eigenvalue weighted by molar-refractivity contribution is 5.73. The molecule has 16 heavy (non-hydrogen) atoms. The smallest absolute Gasteiger partial charge is 0.310 e. The average molecular weight is 219 g/mol. The predicted octanol–water partition coefficient (Wildman–Crippen LogP) is 2.93. The molecule has 2 aromatic rings. The predicted molar refractivity (Wildman–Crippen MR) is 65.2 cm³/mol. The van der Waals surface area contributed by atoms with Crippen LogP contribution in [0.1, 0.15) is 26.2 Å². The van der Waals surface area contributed by atoms with Crippen molar-refractivity contribution in [1.29, 1.82) is 0 Å². The van der Waals surface area contributed by atoms with Crippen molar-refractivity contribution in [3.63, 3.8) is 0 Å². The lowest BCUT2D eigenvalue weighted by Crippen LogP contribution is -2.22. The van der Waals surface area contributed by atoms with E-state index in [1.165, 1.54) is 12.8 Å². The monoisotopic (exact) mass is 219 g/mol. The van der Waals surface area contributed by atoms with Gasteiger partial charge in [-0.1, -0.05) is 31.9 Å². The second-order valence-electron chi connectivity index (χ2n) is 3.75. The number of hydrogen-bond acceptors (Lipinski definition) is 4. The Labute approximate surface area is 95.0 Å². The van der Waals surface area contributed by atoms with E-state index >= 15 is 0 Å². The highest BCUT2D eigenvalue weighted by Crippen LogP contribution is 2.17. The summed E-state index contributed by atoms with van der Waals surface area (Å²) in [5.41, 5.74) is 7.74. The molecule has 86 valence electrons. The molecule has 0 fully saturated rings. The van der Waals surface area contributed by atoms with Gasteiger partial charge in [-0.15, -0.1) is 0 Å². The fraction of sp³-hybridized carbons (Fsp3) is 0.417. The van der Waals surface area contributed by atoms with Crippen LogP contribution in [0.5, 0.6) is 0 Å². The Bertz CT molecular complexity index is 406. The van der Waals surface area contributed by atoms with Gasteiger partial charge >= 0.3 is 6.01 Å². The first-order chi connectivity index (χ1) is 7.90. The Balaban J connectivity index is 1.85. The maximum absolute atomic E-state index is 5.49. The summed E-state index contributed by atoms with van der Waals surface area (Å²) in [6.45, 7) is 3.11. The molecule has 0 atom stereocenters. The molecule has 1 heterocycles. The first-order valence-electron chi connectivity index (χ1n) is 5.74. The molecule has 4 nitrogen and oxygen atoms in total. The Morgan fingerprint density at radius 2 is 2.12 bits per heavy atom. The molecule has 0 saturated heterocycles. The minimum atomic E-state index is 0.526. The maximum Gasteiger partial charge on any atom is 0.310 e. The summed E-state index contributed by atoms with van der Waals surface area (Å²) >= 11 is 0. The van der Waals surface area contributed by atoms with Crippen LogP contribution >= 0.6 is 0 Å². The van der Waals surface area contributed by atoms with Gasteiger partial charge in [-0.2, -0.15) is 4.98 Å². The number of fused-ring (bicyclic) bond motifs is 1. The lowest BCUT2D eigenvalue weighted by molar-refractivity contribution is 0.586. The number of benzene rings is 1. The zero-order valence-corrected chi connectivity index (χ0v) is 9.49. The zero-order valence-electron chi connectivity index (χ0n) is 9.49. The molecule has 0 aliphatic rings. The molecule has 0 aliphatic carbocycles. The van der Waals surface area contributed by atoms with Gasteiger partial charge < -0.3 is 4.42 Å². The van der Waals surface area contributed by atoms with Gasteiger partial charge in [-0.3, -0.25) is 5.43 Å². The molecule has 2 N–H and O–H groups in total. The molecule has 2 rings (SSSR count). The second-order valence-corrected chi connectivity index (χ2v) is 3.75. The minimum absolute atomic E-state index is 0.526. The fourth-order valence-corrected chi connectivity index (χ4v) is 1.53. The number of hydrazine groups is 1. The second kappa shape index (κ2) is 5.51. The minimum Gasteiger partial charge on any atom is -0.423 e. The van der Waals surface area contributed by atoms with Gasteiger partial charge in [0, 0.05) is 6.54 Å². The average Bonchev–Trinajstić information content (AvgIpc) is 2.71. The van der Waals surface area contributed by atoms with Crippen LogP contribution < -0.4 is 10.9 Å². The third-order valence-electron chi connectivity index (χ3n) is 2.39. The molecule has 0 amide bonds. The van der Waals surface area contributed by atoms with Gasteiger partial charge in [0.15, 0.2) is 5.58 Å². The number of hydrogen-bond donors (Lipinski definition) is 2. The van der Waals surface area contributed by atoms with Crippen molar-refractivity contribution < 1.29 is 4.42 Å². The number of unbranched alkanes of at least 4 members (excludes halogenated alkanes) is 2. The first-order valence-corrected chi connectivity index (χ1v) is 5.74. The molecule has 0 spiro atoms. The molecule has 1 aromatic carbocycles. The summed E-state index contributed by atoms with van der Waals surface area (Å²) in [5.74, 6) is 0. The van der Waals surface area contributed by atoms with Crippen LogP contribution in [0.2, 0.25) is 0 Å². The molecule has 1 aromatic heterocycles. The number of nitrogens with zero attached hydrogens (tertiary/aromatic N) is 1. The highest BCUT2D eigenvalue weighted by atomic mass is 16.4. The van der Waals surface area contributed by atoms with E-state index in [0.717, 1.165) is 24.1 Å². The summed E-state index contributed by atoms with van der Waals surface area (Å²) in [7, 11) is 0. The Morgan fingerprint density at radius 1 is 1.25 bits per heavy atom. The van der Waals surface area contributed by atoms with Crippen LogP contribution in [0.4, 0.5) is 6.01 Å². The van der Waals surface area contributed by atoms with Crippen molar-refractivity contribution in [2.45, 2.75) is 26.2 Å². The topological polar surface area (TPSA) is 50.1 Å². The molecule has 0 radical (unpaired) electrons. The number of aromatic nitrogens is 1. The van der Waals surface area contributed by atoms with E-state index < -0.39 is 0 Å². The van der Waals surface area contributed by atoms with Gasteiger partial charge in [0.1, 0.15) is 5.52 Å². The van der Waals surface area contributed by atoms with Gasteiger partial charge in [0.2, 0.25) is 0 Å². The Kier molecular flexibility index (Phi) is 3.77. The SMILES string of the molecule is CCCCCNNc1nc2ccccc2o1. The molecule has 0 aliphatic heterocycles. The van der Waals surface area contributed by atoms with Crippen LogP contribution in [0.25, 0.3) is 11.1 Å². The number of rotatable bonds is 6. The molecular formula is C12H17N3O. The van der Waals surface area contributed by atoms with E-state index in [1.807, 2.05) is 24.3 Å². The number of oxazole rings is 1. The van der Waals surface area contributed by atoms with Gasteiger partial charge in [0.25, 0.3) is 0 Å². The van der Waals surface area contributed by atoms with E-state index in [4.69, 9.17) is 4.42 Å². The van der Waals surface area contributed by atoms with Crippen molar-refractivity contribution in [2.24, 2.45) is 0 Å². The van der Waals surface area contributed by atoms with E-state index in [9.17, 15) is 0 Å². The summed E-state index contributed by atoms with van der Waals surface area (Å²) in [5, 5.41) is 0. The van der Waals surface area contributed by atoms with Gasteiger partial charge in [-0.05, 0) is 18.6 Å². The quantitative estimate of drug-likeness (QED) is 0.579. The van der Waals surface area contributed by atoms with Crippen LogP contribution in [0.15, 0.2) is 28.7 Å². The molecule has 0 bridgehead atoms. The van der Waals surface area contributed by atoms with Gasteiger partial charge in [0.05, 0.1) is 0 Å². The van der Waals surface area contributed by atoms with Crippen LogP contribution in [0, 0.1) is 0 Å². The van der Waals surface area contributed by atoms with E-state index in [0.29, 0.717) is 6.01 Å². The van der Waals surface area contributed by atoms with Crippen molar-refractivity contribution >= 4 is 17.1 Å². The van der Waals surface area contributed by atoms with Crippen molar-refractivity contribution in [1.82, 2.24) is 10.4 Å². The van der Waals surface area contributed by atoms with Gasteiger partial charge in [-0.25, -0.2) is 5.43 Å². The number of anilines is 1. The Morgan fingerprint density at radius 3 is 2.94 bits per heavy atom. The third kappa shape index (κ3) is 2.73. The summed E-state index contributed by atoms with van der Waals surface area (Å²) in [6.07, 6.45) is 3.62. The van der Waals surface area contributed by atoms with Crippen LogP contribution in [-0.2, 0) is 0 Å². The maximum atomic E-state index is 5.49. The van der Waals surface area contributed by atoms with Crippen molar-refractivity contribution in [3.8, 4) is 0 Å². The standard InChI is InChI=1S/C12H17N3O/c1-2-3-6-9-13-15-12-14-10-7-4-5-8-11(10)16-12/h4-5,7-8,13H,2-3,6,9H2,1H3,(H,14,15). The Hall–Kier alpha value is -1.55. The van der Waals surface area contributed by atoms with Crippen molar-refractivity contribution in [3.05, 3.63) is 24.3 Å². The fourth-order valence-electron chi connectivity index (χ4n) is 1.53. The summed E-state index contributed by atoms with van der Waals surface area (Å²) < 4.78 is 5.49. The highest BCUT2D eigenvalue weighted by Gasteiger charge is 2.02. The third-order valence-corrected chi connectivity index (χ3v) is 2.39. The number of nitrogens with one attached hydrogen (secondary N) is 2. The molecule has 4 heteroatoms. The van der Waals surface area contributed by atoms with E-state index in [-0.39, 0.29) is 0 Å². The van der Waals surface area contributed by atoms with Crippen LogP contribution in [-0.4, -0.2) is 11.5 Å². The summed E-state index contributed by atoms with van der Waals surface area (Å²) in [6, 6.07) is 8.25. The molecular weight excluding hydrogens is 202 g/mol. The first kappa shape index (κ1) is 11.0.